The Morgan fingerprint density at radius 2 is 1.64 bits per heavy atom. The van der Waals surface area contributed by atoms with Gasteiger partial charge in [0.25, 0.3) is 0 Å². The molecule has 1 rings (SSSR count). The Labute approximate surface area is 82.7 Å². The van der Waals surface area contributed by atoms with E-state index in [1.165, 1.54) is 0 Å². The molecule has 1 aromatic carbocycles. The van der Waals surface area contributed by atoms with Crippen LogP contribution in [0.15, 0.2) is 18.2 Å². The summed E-state index contributed by atoms with van der Waals surface area (Å²) in [5.74, 6) is 0. The number of nitrogen functional groups attached to an aromatic ring is 2. The van der Waals surface area contributed by atoms with Crippen LogP contribution in [0, 0.1) is 0 Å². The molecule has 0 saturated carbocycles. The molecular formula is C6H9Cl3N2. The second-order valence-corrected chi connectivity index (χ2v) is 2.19. The molecule has 1 aromatic rings. The zero-order chi connectivity index (χ0) is 6.85. The van der Waals surface area contributed by atoms with Gasteiger partial charge in [-0.25, -0.2) is 0 Å². The van der Waals surface area contributed by atoms with E-state index in [0.717, 1.165) is 0 Å². The van der Waals surface area contributed by atoms with E-state index in [-0.39, 0.29) is 24.8 Å². The topological polar surface area (TPSA) is 52.0 Å². The Bertz CT molecular complexity index is 227. The average molecular weight is 216 g/mol. The predicted octanol–water partition coefficient (Wildman–Crippen LogP) is 2.35. The van der Waals surface area contributed by atoms with E-state index in [0.29, 0.717) is 16.4 Å². The van der Waals surface area contributed by atoms with Crippen molar-refractivity contribution in [3.63, 3.8) is 0 Å². The van der Waals surface area contributed by atoms with Gasteiger partial charge in [-0.05, 0) is 18.2 Å². The van der Waals surface area contributed by atoms with E-state index in [1.807, 2.05) is 0 Å². The minimum absolute atomic E-state index is 0. The first-order chi connectivity index (χ1) is 4.20. The Hall–Kier alpha value is -0.310. The van der Waals surface area contributed by atoms with Gasteiger partial charge < -0.3 is 11.5 Å². The standard InChI is InChI=1S/C6H7ClN2.2ClH/c7-5-2-1-4(8)3-6(5)9;;/h1-3H,8-9H2;2*1H. The fourth-order valence-electron chi connectivity index (χ4n) is 0.562. The highest BCUT2D eigenvalue weighted by atomic mass is 35.5. The largest absolute Gasteiger partial charge is 0.399 e. The lowest BCUT2D eigenvalue weighted by molar-refractivity contribution is 1.66. The predicted molar refractivity (Wildman–Crippen MR) is 54.8 cm³/mol. The van der Waals surface area contributed by atoms with Gasteiger partial charge in [-0.1, -0.05) is 11.6 Å². The van der Waals surface area contributed by atoms with Gasteiger partial charge in [-0.3, -0.25) is 0 Å². The third-order valence-electron chi connectivity index (χ3n) is 1.02. The van der Waals surface area contributed by atoms with Gasteiger partial charge in [0.1, 0.15) is 0 Å². The lowest BCUT2D eigenvalue weighted by atomic mass is 10.3. The summed E-state index contributed by atoms with van der Waals surface area (Å²) in [6, 6.07) is 5.01. The highest BCUT2D eigenvalue weighted by molar-refractivity contribution is 6.33. The third-order valence-corrected chi connectivity index (χ3v) is 1.36. The maximum Gasteiger partial charge on any atom is 0.0636 e. The van der Waals surface area contributed by atoms with Crippen molar-refractivity contribution < 1.29 is 0 Å². The average Bonchev–Trinajstić information content (AvgIpc) is 1.80. The first-order valence-electron chi connectivity index (χ1n) is 2.50. The van der Waals surface area contributed by atoms with Crippen LogP contribution in [0.4, 0.5) is 11.4 Å². The molecule has 0 aliphatic carbocycles. The molecule has 0 spiro atoms. The molecule has 0 amide bonds. The second kappa shape index (κ2) is 5.35. The minimum atomic E-state index is 0. The van der Waals surface area contributed by atoms with Gasteiger partial charge in [-0.2, -0.15) is 0 Å². The van der Waals surface area contributed by atoms with E-state index in [9.17, 15) is 0 Å². The van der Waals surface area contributed by atoms with Crippen LogP contribution in [0.25, 0.3) is 0 Å². The van der Waals surface area contributed by atoms with Crippen LogP contribution in [-0.2, 0) is 0 Å². The highest BCUT2D eigenvalue weighted by Gasteiger charge is 1.92. The summed E-state index contributed by atoms with van der Waals surface area (Å²) < 4.78 is 0. The summed E-state index contributed by atoms with van der Waals surface area (Å²) in [6.07, 6.45) is 0. The van der Waals surface area contributed by atoms with Crippen LogP contribution >= 0.6 is 36.4 Å². The van der Waals surface area contributed by atoms with Crippen molar-refractivity contribution in [3.05, 3.63) is 23.2 Å². The SMILES string of the molecule is Cl.Cl.Nc1ccc(Cl)c(N)c1. The van der Waals surface area contributed by atoms with Crippen molar-refractivity contribution in [2.24, 2.45) is 0 Å². The Balaban J connectivity index is 0. The van der Waals surface area contributed by atoms with Crippen molar-refractivity contribution >= 4 is 47.8 Å². The summed E-state index contributed by atoms with van der Waals surface area (Å²) in [6.45, 7) is 0. The summed E-state index contributed by atoms with van der Waals surface area (Å²) in [5, 5.41) is 0.546. The molecule has 0 atom stereocenters. The molecule has 0 bridgehead atoms. The Kier molecular flexibility index (Phi) is 6.47. The van der Waals surface area contributed by atoms with E-state index in [1.54, 1.807) is 18.2 Å². The number of hydrogen-bond acceptors (Lipinski definition) is 2. The van der Waals surface area contributed by atoms with E-state index in [4.69, 9.17) is 23.1 Å². The number of benzene rings is 1. The first kappa shape index (κ1) is 13.3. The summed E-state index contributed by atoms with van der Waals surface area (Å²) in [7, 11) is 0. The molecule has 0 heterocycles. The van der Waals surface area contributed by atoms with E-state index in [2.05, 4.69) is 0 Å². The third kappa shape index (κ3) is 3.56. The fourth-order valence-corrected chi connectivity index (χ4v) is 0.680. The van der Waals surface area contributed by atoms with Crippen LogP contribution in [0.1, 0.15) is 0 Å². The molecule has 0 aliphatic rings. The van der Waals surface area contributed by atoms with Gasteiger partial charge in [-0.15, -0.1) is 24.8 Å². The molecule has 0 fully saturated rings. The molecule has 0 saturated heterocycles. The van der Waals surface area contributed by atoms with E-state index < -0.39 is 0 Å². The maximum absolute atomic E-state index is 5.60. The lowest BCUT2D eigenvalue weighted by Gasteiger charge is -1.96. The second-order valence-electron chi connectivity index (χ2n) is 1.78. The smallest absolute Gasteiger partial charge is 0.0636 e. The molecular weight excluding hydrogens is 206 g/mol. The molecule has 0 radical (unpaired) electrons. The van der Waals surface area contributed by atoms with Gasteiger partial charge >= 0.3 is 0 Å². The molecule has 64 valence electrons. The van der Waals surface area contributed by atoms with Crippen molar-refractivity contribution in [1.29, 1.82) is 0 Å². The quantitative estimate of drug-likeness (QED) is 0.653. The molecule has 0 aromatic heterocycles. The number of anilines is 2. The number of nitrogens with two attached hydrogens (primary N) is 2. The zero-order valence-electron chi connectivity index (χ0n) is 5.58. The van der Waals surface area contributed by atoms with Crippen LogP contribution < -0.4 is 11.5 Å². The van der Waals surface area contributed by atoms with Crippen molar-refractivity contribution in [2.45, 2.75) is 0 Å². The Morgan fingerprint density at radius 3 is 2.00 bits per heavy atom. The molecule has 2 nitrogen and oxygen atoms in total. The van der Waals surface area contributed by atoms with Crippen molar-refractivity contribution in [3.8, 4) is 0 Å². The first-order valence-corrected chi connectivity index (χ1v) is 2.88. The van der Waals surface area contributed by atoms with Gasteiger partial charge in [0.05, 0.1) is 10.7 Å². The molecule has 0 unspecified atom stereocenters. The summed E-state index contributed by atoms with van der Waals surface area (Å²) >= 11 is 5.60. The number of hydrogen-bond donors (Lipinski definition) is 2. The van der Waals surface area contributed by atoms with Crippen molar-refractivity contribution in [2.75, 3.05) is 11.5 Å². The van der Waals surface area contributed by atoms with E-state index >= 15 is 0 Å². The molecule has 5 heteroatoms. The highest BCUT2D eigenvalue weighted by Crippen LogP contribution is 2.19. The molecule has 11 heavy (non-hydrogen) atoms. The fraction of sp³-hybridized carbons (Fsp3) is 0. The minimum Gasteiger partial charge on any atom is -0.399 e. The zero-order valence-corrected chi connectivity index (χ0v) is 7.97. The number of rotatable bonds is 0. The van der Waals surface area contributed by atoms with Gasteiger partial charge in [0, 0.05) is 5.69 Å². The normalized spacial score (nSPS) is 7.73. The number of halogens is 3. The monoisotopic (exact) mass is 214 g/mol. The van der Waals surface area contributed by atoms with Crippen molar-refractivity contribution in [1.82, 2.24) is 0 Å². The van der Waals surface area contributed by atoms with Crippen LogP contribution in [0.2, 0.25) is 5.02 Å². The maximum atomic E-state index is 5.60. The van der Waals surface area contributed by atoms with Crippen LogP contribution in [-0.4, -0.2) is 0 Å². The van der Waals surface area contributed by atoms with Gasteiger partial charge in [0.15, 0.2) is 0 Å². The Morgan fingerprint density at radius 1 is 1.09 bits per heavy atom. The summed E-state index contributed by atoms with van der Waals surface area (Å²) in [5.41, 5.74) is 12.0. The lowest BCUT2D eigenvalue weighted by Crippen LogP contribution is -1.89. The molecule has 4 N–H and O–H groups in total. The van der Waals surface area contributed by atoms with Crippen LogP contribution in [0.5, 0.6) is 0 Å². The van der Waals surface area contributed by atoms with Crippen LogP contribution in [0.3, 0.4) is 0 Å². The summed E-state index contributed by atoms with van der Waals surface area (Å²) in [4.78, 5) is 0. The van der Waals surface area contributed by atoms with Gasteiger partial charge in [0.2, 0.25) is 0 Å². The molecule has 0 aliphatic heterocycles.